The lowest BCUT2D eigenvalue weighted by atomic mass is 10.1. The molecule has 1 amide bonds. The summed E-state index contributed by atoms with van der Waals surface area (Å²) in [6, 6.07) is 12.5. The first-order valence-corrected chi connectivity index (χ1v) is 10.2. The van der Waals surface area contributed by atoms with E-state index in [0.717, 1.165) is 16.7 Å². The Hall–Kier alpha value is -2.38. The number of aryl methyl sites for hydroxylation is 1. The summed E-state index contributed by atoms with van der Waals surface area (Å²) in [6.07, 6.45) is 0. The molecule has 27 heavy (non-hydrogen) atoms. The van der Waals surface area contributed by atoms with E-state index in [1.165, 1.54) is 11.2 Å². The molecule has 0 aliphatic carbocycles. The van der Waals surface area contributed by atoms with Gasteiger partial charge in [0.2, 0.25) is 15.9 Å². The number of rotatable bonds is 4. The van der Waals surface area contributed by atoms with Gasteiger partial charge in [-0.05, 0) is 36.8 Å². The molecule has 144 valence electrons. The van der Waals surface area contributed by atoms with Gasteiger partial charge in [-0.2, -0.15) is 4.31 Å². The quantitative estimate of drug-likeness (QED) is 0.807. The van der Waals surface area contributed by atoms with Gasteiger partial charge >= 0.3 is 0 Å². The summed E-state index contributed by atoms with van der Waals surface area (Å²) < 4.78 is 33.3. The van der Waals surface area contributed by atoms with Crippen LogP contribution < -0.4 is 4.74 Å². The number of ether oxygens (including phenoxy) is 1. The van der Waals surface area contributed by atoms with Gasteiger partial charge in [0.15, 0.2) is 0 Å². The van der Waals surface area contributed by atoms with Crippen molar-refractivity contribution in [3.63, 3.8) is 0 Å². The van der Waals surface area contributed by atoms with Crippen molar-refractivity contribution in [2.45, 2.75) is 31.8 Å². The lowest BCUT2D eigenvalue weighted by Gasteiger charge is -2.20. The molecule has 0 atom stereocenters. The van der Waals surface area contributed by atoms with Crippen molar-refractivity contribution < 1.29 is 17.9 Å². The summed E-state index contributed by atoms with van der Waals surface area (Å²) in [5, 5.41) is 0. The van der Waals surface area contributed by atoms with Gasteiger partial charge in [-0.3, -0.25) is 4.79 Å². The third kappa shape index (κ3) is 4.31. The highest BCUT2D eigenvalue weighted by Gasteiger charge is 2.27. The van der Waals surface area contributed by atoms with E-state index in [0.29, 0.717) is 18.9 Å². The summed E-state index contributed by atoms with van der Waals surface area (Å²) in [5.41, 5.74) is 2.75. The van der Waals surface area contributed by atoms with Crippen molar-refractivity contribution in [3.05, 3.63) is 59.2 Å². The van der Waals surface area contributed by atoms with Crippen LogP contribution in [0, 0.1) is 6.92 Å². The SMILES string of the molecule is CC(=O)N(C)Cc1ccc2c(c1)CN(S(=O)(=O)c1ccc(C)cc1)CCO2. The Morgan fingerprint density at radius 1 is 1.19 bits per heavy atom. The fourth-order valence-corrected chi connectivity index (χ4v) is 4.37. The van der Waals surface area contributed by atoms with Crippen LogP contribution in [-0.4, -0.2) is 43.7 Å². The van der Waals surface area contributed by atoms with Crippen LogP contribution in [0.5, 0.6) is 5.75 Å². The van der Waals surface area contributed by atoms with E-state index in [4.69, 9.17) is 4.74 Å². The molecule has 0 aromatic heterocycles. The van der Waals surface area contributed by atoms with Gasteiger partial charge < -0.3 is 9.64 Å². The number of carbonyl (C=O) groups is 1. The molecule has 2 aromatic carbocycles. The number of hydrogen-bond donors (Lipinski definition) is 0. The number of amides is 1. The Labute approximate surface area is 160 Å². The monoisotopic (exact) mass is 388 g/mol. The molecule has 0 spiro atoms. The molecule has 1 heterocycles. The van der Waals surface area contributed by atoms with Crippen LogP contribution in [0.2, 0.25) is 0 Å². The minimum atomic E-state index is -3.61. The number of nitrogens with zero attached hydrogens (tertiary/aromatic N) is 2. The Morgan fingerprint density at radius 3 is 2.56 bits per heavy atom. The molecule has 0 saturated carbocycles. The highest BCUT2D eigenvalue weighted by atomic mass is 32.2. The normalized spacial score (nSPS) is 14.8. The Kier molecular flexibility index (Phi) is 5.53. The van der Waals surface area contributed by atoms with E-state index in [1.54, 1.807) is 36.2 Å². The van der Waals surface area contributed by atoms with Crippen LogP contribution in [0.25, 0.3) is 0 Å². The molecular formula is C20H24N2O4S. The lowest BCUT2D eigenvalue weighted by Crippen LogP contribution is -2.32. The van der Waals surface area contributed by atoms with Gasteiger partial charge in [0.25, 0.3) is 0 Å². The smallest absolute Gasteiger partial charge is 0.243 e. The molecule has 3 rings (SSSR count). The molecule has 7 heteroatoms. The van der Waals surface area contributed by atoms with Crippen LogP contribution in [0.3, 0.4) is 0 Å². The number of sulfonamides is 1. The summed E-state index contributed by atoms with van der Waals surface area (Å²) in [5.74, 6) is 0.663. The molecule has 0 N–H and O–H groups in total. The number of benzene rings is 2. The number of hydrogen-bond acceptors (Lipinski definition) is 4. The molecule has 0 unspecified atom stereocenters. The van der Waals surface area contributed by atoms with E-state index in [1.807, 2.05) is 25.1 Å². The van der Waals surface area contributed by atoms with Crippen molar-refractivity contribution >= 4 is 15.9 Å². The van der Waals surface area contributed by atoms with Gasteiger partial charge in [-0.15, -0.1) is 0 Å². The second-order valence-corrected chi connectivity index (χ2v) is 8.76. The van der Waals surface area contributed by atoms with E-state index in [9.17, 15) is 13.2 Å². The topological polar surface area (TPSA) is 66.9 Å². The summed E-state index contributed by atoms with van der Waals surface area (Å²) >= 11 is 0. The lowest BCUT2D eigenvalue weighted by molar-refractivity contribution is -0.128. The van der Waals surface area contributed by atoms with Gasteiger partial charge in [-0.25, -0.2) is 8.42 Å². The second-order valence-electron chi connectivity index (χ2n) is 6.82. The number of carbonyl (C=O) groups excluding carboxylic acids is 1. The molecule has 0 fully saturated rings. The maximum atomic E-state index is 13.0. The zero-order valence-electron chi connectivity index (χ0n) is 15.8. The minimum absolute atomic E-state index is 0.0234. The van der Waals surface area contributed by atoms with E-state index < -0.39 is 10.0 Å². The first-order valence-electron chi connectivity index (χ1n) is 8.80. The average Bonchev–Trinajstić information content (AvgIpc) is 2.84. The van der Waals surface area contributed by atoms with Gasteiger partial charge in [0.1, 0.15) is 12.4 Å². The fourth-order valence-electron chi connectivity index (χ4n) is 2.97. The fraction of sp³-hybridized carbons (Fsp3) is 0.350. The molecular weight excluding hydrogens is 364 g/mol. The van der Waals surface area contributed by atoms with Crippen molar-refractivity contribution in [1.82, 2.24) is 9.21 Å². The van der Waals surface area contributed by atoms with Gasteiger partial charge in [0.05, 0.1) is 4.90 Å². The maximum Gasteiger partial charge on any atom is 0.243 e. The molecule has 1 aliphatic heterocycles. The minimum Gasteiger partial charge on any atom is -0.492 e. The summed E-state index contributed by atoms with van der Waals surface area (Å²) in [6.45, 7) is 4.73. The highest BCUT2D eigenvalue weighted by Crippen LogP contribution is 2.28. The molecule has 2 aromatic rings. The van der Waals surface area contributed by atoms with Crippen molar-refractivity contribution in [2.75, 3.05) is 20.2 Å². The van der Waals surface area contributed by atoms with Crippen molar-refractivity contribution in [1.29, 1.82) is 0 Å². The Morgan fingerprint density at radius 2 is 1.89 bits per heavy atom. The zero-order valence-corrected chi connectivity index (χ0v) is 16.6. The van der Waals surface area contributed by atoms with E-state index in [2.05, 4.69) is 0 Å². The molecule has 0 saturated heterocycles. The highest BCUT2D eigenvalue weighted by molar-refractivity contribution is 7.89. The largest absolute Gasteiger partial charge is 0.492 e. The second kappa shape index (κ2) is 7.70. The standard InChI is InChI=1S/C20H24N2O4S/c1-15-4-7-19(8-5-15)27(24,25)22-10-11-26-20-9-6-17(12-18(20)14-22)13-21(3)16(2)23/h4-9,12H,10-11,13-14H2,1-3H3. The van der Waals surface area contributed by atoms with E-state index >= 15 is 0 Å². The van der Waals surface area contributed by atoms with Crippen LogP contribution in [0.15, 0.2) is 47.4 Å². The Balaban J connectivity index is 1.88. The molecule has 0 radical (unpaired) electrons. The maximum absolute atomic E-state index is 13.0. The summed E-state index contributed by atoms with van der Waals surface area (Å²) in [4.78, 5) is 13.4. The van der Waals surface area contributed by atoms with E-state index in [-0.39, 0.29) is 23.9 Å². The molecule has 0 bridgehead atoms. The third-order valence-electron chi connectivity index (χ3n) is 4.69. The average molecular weight is 388 g/mol. The third-order valence-corrected chi connectivity index (χ3v) is 6.55. The van der Waals surface area contributed by atoms with Crippen LogP contribution >= 0.6 is 0 Å². The number of fused-ring (bicyclic) bond motifs is 1. The summed E-state index contributed by atoms with van der Waals surface area (Å²) in [7, 11) is -1.87. The zero-order chi connectivity index (χ0) is 19.6. The molecule has 1 aliphatic rings. The van der Waals surface area contributed by atoms with Crippen LogP contribution in [0.4, 0.5) is 0 Å². The Bertz CT molecular complexity index is 939. The van der Waals surface area contributed by atoms with Crippen LogP contribution in [0.1, 0.15) is 23.6 Å². The van der Waals surface area contributed by atoms with Crippen LogP contribution in [-0.2, 0) is 27.9 Å². The first-order chi connectivity index (χ1) is 12.8. The predicted molar refractivity (Wildman–Crippen MR) is 103 cm³/mol. The van der Waals surface area contributed by atoms with Gasteiger partial charge in [-0.1, -0.05) is 23.8 Å². The van der Waals surface area contributed by atoms with Gasteiger partial charge in [0, 0.05) is 39.2 Å². The molecule has 6 nitrogen and oxygen atoms in total. The van der Waals surface area contributed by atoms with Crippen molar-refractivity contribution in [2.24, 2.45) is 0 Å². The van der Waals surface area contributed by atoms with Crippen molar-refractivity contribution in [3.8, 4) is 5.75 Å². The predicted octanol–water partition coefficient (Wildman–Crippen LogP) is 2.56. The first kappa shape index (κ1) is 19.4.